The van der Waals surface area contributed by atoms with E-state index in [9.17, 15) is 8.42 Å². The third-order valence-corrected chi connectivity index (χ3v) is 6.10. The molecule has 1 aromatic rings. The molecular formula is C19H31NO4S. The number of ether oxygens (including phenoxy) is 2. The standard InChI is InChI=1S/C19H31NO4S/c1-4-5-7-12-15-13-16(23-2)17(14-10-8-6-9-11-14)18(24-3)19(15)25(20,21)22/h13-14H,4-12H2,1-3H3,(H2,20,21,22). The number of hydrogen-bond acceptors (Lipinski definition) is 4. The van der Waals surface area contributed by atoms with E-state index in [0.29, 0.717) is 17.7 Å². The average Bonchev–Trinajstić information content (AvgIpc) is 2.60. The van der Waals surface area contributed by atoms with Gasteiger partial charge in [-0.1, -0.05) is 39.0 Å². The lowest BCUT2D eigenvalue weighted by atomic mass is 9.82. The Labute approximate surface area is 151 Å². The number of benzene rings is 1. The van der Waals surface area contributed by atoms with Crippen molar-refractivity contribution in [1.82, 2.24) is 0 Å². The smallest absolute Gasteiger partial charge is 0.242 e. The van der Waals surface area contributed by atoms with Crippen molar-refractivity contribution in [2.75, 3.05) is 14.2 Å². The molecule has 0 bridgehead atoms. The predicted molar refractivity (Wildman–Crippen MR) is 100.0 cm³/mol. The maximum Gasteiger partial charge on any atom is 0.242 e. The Morgan fingerprint density at radius 1 is 1.12 bits per heavy atom. The summed E-state index contributed by atoms with van der Waals surface area (Å²) in [5.41, 5.74) is 1.57. The summed E-state index contributed by atoms with van der Waals surface area (Å²) in [5, 5.41) is 5.58. The van der Waals surface area contributed by atoms with Gasteiger partial charge in [0.1, 0.15) is 16.4 Å². The van der Waals surface area contributed by atoms with E-state index in [-0.39, 0.29) is 10.8 Å². The largest absolute Gasteiger partial charge is 0.496 e. The summed E-state index contributed by atoms with van der Waals surface area (Å²) < 4.78 is 36.0. The molecule has 1 aromatic carbocycles. The third-order valence-electron chi connectivity index (χ3n) is 5.08. The summed E-state index contributed by atoms with van der Waals surface area (Å²) in [4.78, 5) is 0.146. The van der Waals surface area contributed by atoms with Gasteiger partial charge in [0.05, 0.1) is 14.2 Å². The second-order valence-electron chi connectivity index (χ2n) is 6.85. The molecule has 5 nitrogen and oxygen atoms in total. The van der Waals surface area contributed by atoms with Crippen LogP contribution < -0.4 is 14.6 Å². The maximum atomic E-state index is 12.4. The first kappa shape index (κ1) is 20.0. The highest BCUT2D eigenvalue weighted by atomic mass is 32.2. The Kier molecular flexibility index (Phi) is 7.14. The minimum absolute atomic E-state index is 0.146. The fraction of sp³-hybridized carbons (Fsp3) is 0.684. The van der Waals surface area contributed by atoms with Crippen molar-refractivity contribution >= 4 is 10.0 Å². The van der Waals surface area contributed by atoms with E-state index in [1.807, 2.05) is 6.07 Å². The highest BCUT2D eigenvalue weighted by Crippen LogP contribution is 2.46. The van der Waals surface area contributed by atoms with E-state index in [1.54, 1.807) is 7.11 Å². The Hall–Kier alpha value is -1.27. The normalized spacial score (nSPS) is 16.0. The van der Waals surface area contributed by atoms with Gasteiger partial charge in [-0.3, -0.25) is 0 Å². The van der Waals surface area contributed by atoms with Crippen molar-refractivity contribution < 1.29 is 17.9 Å². The summed E-state index contributed by atoms with van der Waals surface area (Å²) in [6.07, 6.45) is 9.21. The third kappa shape index (κ3) is 4.67. The van der Waals surface area contributed by atoms with Crippen LogP contribution in [0.4, 0.5) is 0 Å². The van der Waals surface area contributed by atoms with Crippen LogP contribution in [0.15, 0.2) is 11.0 Å². The second-order valence-corrected chi connectivity index (χ2v) is 8.35. The van der Waals surface area contributed by atoms with Crippen LogP contribution in [0.5, 0.6) is 11.5 Å². The van der Waals surface area contributed by atoms with Gasteiger partial charge in [-0.2, -0.15) is 0 Å². The van der Waals surface area contributed by atoms with Gasteiger partial charge in [-0.05, 0) is 43.2 Å². The Morgan fingerprint density at radius 3 is 2.32 bits per heavy atom. The molecule has 0 unspecified atom stereocenters. The van der Waals surface area contributed by atoms with E-state index in [4.69, 9.17) is 14.6 Å². The number of hydrogen-bond donors (Lipinski definition) is 1. The number of nitrogens with two attached hydrogens (primary N) is 1. The lowest BCUT2D eigenvalue weighted by molar-refractivity contribution is 0.351. The van der Waals surface area contributed by atoms with Crippen molar-refractivity contribution in [3.8, 4) is 11.5 Å². The summed E-state index contributed by atoms with van der Waals surface area (Å²) in [6.45, 7) is 2.12. The van der Waals surface area contributed by atoms with Gasteiger partial charge in [0.2, 0.25) is 10.0 Å². The minimum Gasteiger partial charge on any atom is -0.496 e. The van der Waals surface area contributed by atoms with Crippen LogP contribution in [0.1, 0.15) is 75.3 Å². The quantitative estimate of drug-likeness (QED) is 0.699. The highest BCUT2D eigenvalue weighted by Gasteiger charge is 2.30. The molecule has 142 valence electrons. The molecule has 0 amide bonds. The molecule has 1 aliphatic rings. The SMILES string of the molecule is CCCCCc1cc(OC)c(C2CCCCC2)c(OC)c1S(N)(=O)=O. The van der Waals surface area contributed by atoms with Crippen molar-refractivity contribution in [3.63, 3.8) is 0 Å². The zero-order valence-corrected chi connectivity index (χ0v) is 16.5. The molecular weight excluding hydrogens is 338 g/mol. The van der Waals surface area contributed by atoms with Crippen molar-refractivity contribution in [2.24, 2.45) is 5.14 Å². The first-order valence-electron chi connectivity index (χ1n) is 9.24. The van der Waals surface area contributed by atoms with Crippen molar-refractivity contribution in [2.45, 2.75) is 75.5 Å². The number of methoxy groups -OCH3 is 2. The van der Waals surface area contributed by atoms with Gasteiger partial charge in [0.25, 0.3) is 0 Å². The lowest BCUT2D eigenvalue weighted by Gasteiger charge is -2.27. The molecule has 2 N–H and O–H groups in total. The van der Waals surface area contributed by atoms with Gasteiger partial charge < -0.3 is 9.47 Å². The fourth-order valence-corrected chi connectivity index (χ4v) is 4.87. The van der Waals surface area contributed by atoms with Gasteiger partial charge in [-0.25, -0.2) is 13.6 Å². The van der Waals surface area contributed by atoms with Crippen LogP contribution in [-0.2, 0) is 16.4 Å². The Balaban J connectivity index is 2.62. The zero-order chi connectivity index (χ0) is 18.4. The molecule has 0 spiro atoms. The van der Waals surface area contributed by atoms with Crippen LogP contribution in [-0.4, -0.2) is 22.6 Å². The topological polar surface area (TPSA) is 78.6 Å². The fourth-order valence-electron chi connectivity index (χ4n) is 3.89. The summed E-state index contributed by atoms with van der Waals surface area (Å²) in [7, 11) is -0.728. The number of primary sulfonamides is 1. The van der Waals surface area contributed by atoms with Crippen LogP contribution in [0, 0.1) is 0 Å². The van der Waals surface area contributed by atoms with Gasteiger partial charge in [0, 0.05) is 5.56 Å². The maximum absolute atomic E-state index is 12.4. The Bertz CT molecular complexity index is 679. The summed E-state index contributed by atoms with van der Waals surface area (Å²) in [6, 6.07) is 1.86. The van der Waals surface area contributed by atoms with Crippen LogP contribution in [0.2, 0.25) is 0 Å². The van der Waals surface area contributed by atoms with E-state index < -0.39 is 10.0 Å². The molecule has 0 radical (unpaired) electrons. The monoisotopic (exact) mass is 369 g/mol. The van der Waals surface area contributed by atoms with Crippen LogP contribution >= 0.6 is 0 Å². The zero-order valence-electron chi connectivity index (χ0n) is 15.6. The molecule has 1 saturated carbocycles. The molecule has 0 saturated heterocycles. The second kappa shape index (κ2) is 8.90. The molecule has 0 heterocycles. The molecule has 0 atom stereocenters. The van der Waals surface area contributed by atoms with E-state index >= 15 is 0 Å². The van der Waals surface area contributed by atoms with Crippen LogP contribution in [0.3, 0.4) is 0 Å². The Morgan fingerprint density at radius 2 is 1.80 bits per heavy atom. The average molecular weight is 370 g/mol. The van der Waals surface area contributed by atoms with Gasteiger partial charge in [-0.15, -0.1) is 0 Å². The minimum atomic E-state index is -3.88. The van der Waals surface area contributed by atoms with Crippen molar-refractivity contribution in [3.05, 3.63) is 17.2 Å². The predicted octanol–water partition coefficient (Wildman–Crippen LogP) is 4.13. The van der Waals surface area contributed by atoms with E-state index in [0.717, 1.165) is 56.3 Å². The molecule has 2 rings (SSSR count). The highest BCUT2D eigenvalue weighted by molar-refractivity contribution is 7.89. The van der Waals surface area contributed by atoms with Gasteiger partial charge >= 0.3 is 0 Å². The molecule has 0 aliphatic heterocycles. The van der Waals surface area contributed by atoms with Crippen LogP contribution in [0.25, 0.3) is 0 Å². The summed E-state index contributed by atoms with van der Waals surface area (Å²) in [5.74, 6) is 1.37. The lowest BCUT2D eigenvalue weighted by Crippen LogP contribution is -2.19. The molecule has 25 heavy (non-hydrogen) atoms. The van der Waals surface area contributed by atoms with E-state index in [1.165, 1.54) is 13.5 Å². The number of sulfonamides is 1. The molecule has 0 aromatic heterocycles. The van der Waals surface area contributed by atoms with E-state index in [2.05, 4.69) is 6.92 Å². The molecule has 6 heteroatoms. The molecule has 1 aliphatic carbocycles. The van der Waals surface area contributed by atoms with Gasteiger partial charge in [0.15, 0.2) is 0 Å². The number of unbranched alkanes of at least 4 members (excludes halogenated alkanes) is 2. The summed E-state index contributed by atoms with van der Waals surface area (Å²) >= 11 is 0. The number of rotatable bonds is 8. The first-order valence-corrected chi connectivity index (χ1v) is 10.8. The molecule has 1 fully saturated rings. The first-order chi connectivity index (χ1) is 11.9. The number of aryl methyl sites for hydroxylation is 1. The van der Waals surface area contributed by atoms with Crippen molar-refractivity contribution in [1.29, 1.82) is 0 Å².